The molecule has 0 spiro atoms. The van der Waals surface area contributed by atoms with Gasteiger partial charge in [0, 0.05) is 0 Å². The number of aromatic nitrogens is 1. The van der Waals surface area contributed by atoms with Gasteiger partial charge in [0.05, 0.1) is 5.38 Å². The molecule has 0 aliphatic rings. The second-order valence-electron chi connectivity index (χ2n) is 2.02. The molecule has 7 heteroatoms. The molecule has 1 rings (SSSR count). The molecule has 0 saturated carbocycles. The number of carbonyl (C=O) groups is 1. The third kappa shape index (κ3) is 2.41. The molecule has 70 valence electrons. The normalized spacial score (nSPS) is 11.3. The highest BCUT2D eigenvalue weighted by molar-refractivity contribution is 7.13. The first-order valence-corrected chi connectivity index (χ1v) is 4.13. The number of carboxylic acid groups (broad SMARTS) is 1. The van der Waals surface area contributed by atoms with Crippen LogP contribution in [0.25, 0.3) is 0 Å². The van der Waals surface area contributed by atoms with Gasteiger partial charge in [-0.3, -0.25) is 0 Å². The average Bonchev–Trinajstić information content (AvgIpc) is 2.47. The topological polar surface area (TPSA) is 88.5 Å². The van der Waals surface area contributed by atoms with Crippen molar-refractivity contribution in [1.29, 1.82) is 0 Å². The van der Waals surface area contributed by atoms with E-state index in [1.54, 1.807) is 5.38 Å². The van der Waals surface area contributed by atoms with Crippen LogP contribution in [0.1, 0.15) is 0 Å². The summed E-state index contributed by atoms with van der Waals surface area (Å²) in [5.74, 6) is -0.763. The molecule has 0 amide bonds. The number of rotatable bonds is 3. The van der Waals surface area contributed by atoms with Crippen molar-refractivity contribution in [1.82, 2.24) is 4.98 Å². The Hall–Kier alpha value is -1.63. The van der Waals surface area contributed by atoms with Crippen molar-refractivity contribution in [2.45, 2.75) is 0 Å². The van der Waals surface area contributed by atoms with Crippen molar-refractivity contribution < 1.29 is 19.5 Å². The summed E-state index contributed by atoms with van der Waals surface area (Å²) >= 11 is 1.21. The van der Waals surface area contributed by atoms with E-state index in [9.17, 15) is 4.79 Å². The van der Waals surface area contributed by atoms with Crippen LogP contribution >= 0.6 is 11.3 Å². The molecule has 0 atom stereocenters. The molecule has 0 bridgehead atoms. The highest BCUT2D eigenvalue weighted by Gasteiger charge is 2.15. The average molecular weight is 202 g/mol. The first-order valence-electron chi connectivity index (χ1n) is 3.25. The van der Waals surface area contributed by atoms with Gasteiger partial charge in [-0.1, -0.05) is 11.3 Å². The highest BCUT2D eigenvalue weighted by atomic mass is 32.1. The molecule has 0 aliphatic heterocycles. The fraction of sp³-hybridized carbons (Fsp3) is 0.167. The first-order chi connectivity index (χ1) is 6.13. The van der Waals surface area contributed by atoms with E-state index >= 15 is 0 Å². The number of nitrogens with two attached hydrogens (primary N) is 1. The standard InChI is InChI=1S/C6H7N3O3S/c1-12-9(2-5(10)11)4-3-13-6(7)8-4/h2-3H,1H3,(H2-,7,8,10,11)/p+1. The number of hydrogen-bond acceptors (Lipinski definition) is 5. The van der Waals surface area contributed by atoms with E-state index in [1.807, 2.05) is 0 Å². The van der Waals surface area contributed by atoms with Crippen molar-refractivity contribution in [2.24, 2.45) is 0 Å². The SMILES string of the molecule is CO[N+](=CC(=O)O)c1csc(N)n1. The Morgan fingerprint density at radius 3 is 3.00 bits per heavy atom. The fourth-order valence-electron chi connectivity index (χ4n) is 0.693. The fourth-order valence-corrected chi connectivity index (χ4v) is 1.22. The lowest BCUT2D eigenvalue weighted by Crippen LogP contribution is -2.12. The summed E-state index contributed by atoms with van der Waals surface area (Å²) in [6.07, 6.45) is 0.856. The zero-order valence-electron chi connectivity index (χ0n) is 6.80. The van der Waals surface area contributed by atoms with Gasteiger partial charge in [-0.05, 0) is 9.72 Å². The molecule has 3 N–H and O–H groups in total. The van der Waals surface area contributed by atoms with Gasteiger partial charge < -0.3 is 15.7 Å². The molecule has 0 aliphatic carbocycles. The Morgan fingerprint density at radius 2 is 2.62 bits per heavy atom. The van der Waals surface area contributed by atoms with Crippen molar-refractivity contribution in [2.75, 3.05) is 12.8 Å². The summed E-state index contributed by atoms with van der Waals surface area (Å²) < 4.78 is 1.02. The van der Waals surface area contributed by atoms with Crippen LogP contribution in [0.3, 0.4) is 0 Å². The lowest BCUT2D eigenvalue weighted by atomic mass is 10.7. The molecule has 0 aromatic carbocycles. The zero-order valence-corrected chi connectivity index (χ0v) is 7.61. The molecule has 13 heavy (non-hydrogen) atoms. The molecule has 0 saturated heterocycles. The summed E-state index contributed by atoms with van der Waals surface area (Å²) in [5, 5.41) is 10.4. The largest absolute Gasteiger partial charge is 0.475 e. The van der Waals surface area contributed by atoms with Crippen LogP contribution in [0, 0.1) is 0 Å². The van der Waals surface area contributed by atoms with Crippen LogP contribution in [0.15, 0.2) is 5.38 Å². The van der Waals surface area contributed by atoms with Gasteiger partial charge in [0.25, 0.3) is 5.13 Å². The molecular weight excluding hydrogens is 194 g/mol. The van der Waals surface area contributed by atoms with E-state index in [1.165, 1.54) is 18.4 Å². The van der Waals surface area contributed by atoms with Crippen molar-refractivity contribution >= 4 is 34.5 Å². The van der Waals surface area contributed by atoms with E-state index in [0.717, 1.165) is 11.0 Å². The zero-order chi connectivity index (χ0) is 9.84. The Balaban J connectivity index is 2.97. The molecule has 6 nitrogen and oxygen atoms in total. The molecular formula is C6H8N3O3S+. The Morgan fingerprint density at radius 1 is 1.92 bits per heavy atom. The number of thiazole rings is 1. The number of nitrogens with zero attached hydrogens (tertiary/aromatic N) is 2. The maximum Gasteiger partial charge on any atom is 0.375 e. The monoisotopic (exact) mass is 202 g/mol. The lowest BCUT2D eigenvalue weighted by molar-refractivity contribution is -0.718. The molecule has 1 heterocycles. The minimum absolute atomic E-state index is 0.354. The van der Waals surface area contributed by atoms with Gasteiger partial charge >= 0.3 is 11.8 Å². The maximum atomic E-state index is 10.3. The van der Waals surface area contributed by atoms with Crippen molar-refractivity contribution in [3.05, 3.63) is 5.38 Å². The number of hydrogen-bond donors (Lipinski definition) is 2. The molecule has 1 aromatic heterocycles. The second kappa shape index (κ2) is 3.85. The minimum atomic E-state index is -1.12. The quantitative estimate of drug-likeness (QED) is 0.412. The lowest BCUT2D eigenvalue weighted by Gasteiger charge is -1.94. The van der Waals surface area contributed by atoms with Crippen molar-refractivity contribution in [3.63, 3.8) is 0 Å². The van der Waals surface area contributed by atoms with Crippen LogP contribution in [0.4, 0.5) is 10.9 Å². The van der Waals surface area contributed by atoms with Crippen LogP contribution in [0.5, 0.6) is 0 Å². The van der Waals surface area contributed by atoms with Crippen LogP contribution in [-0.4, -0.2) is 34.1 Å². The third-order valence-corrected chi connectivity index (χ3v) is 1.82. The first kappa shape index (κ1) is 9.46. The molecule has 1 aromatic rings. The van der Waals surface area contributed by atoms with E-state index in [-0.39, 0.29) is 0 Å². The summed E-state index contributed by atoms with van der Waals surface area (Å²) in [4.78, 5) is 18.9. The number of anilines is 1. The van der Waals surface area contributed by atoms with Gasteiger partial charge in [-0.25, -0.2) is 4.79 Å². The maximum absolute atomic E-state index is 10.3. The van der Waals surface area contributed by atoms with Gasteiger partial charge in [0.15, 0.2) is 0 Å². The Bertz CT molecular complexity index is 347. The summed E-state index contributed by atoms with van der Waals surface area (Å²) in [7, 11) is 1.34. The summed E-state index contributed by atoms with van der Waals surface area (Å²) in [6.45, 7) is 0. The highest BCUT2D eigenvalue weighted by Crippen LogP contribution is 2.17. The second-order valence-corrected chi connectivity index (χ2v) is 2.91. The van der Waals surface area contributed by atoms with Crippen LogP contribution < -0.4 is 5.73 Å². The summed E-state index contributed by atoms with van der Waals surface area (Å²) in [5.41, 5.74) is 5.37. The molecule has 0 fully saturated rings. The van der Waals surface area contributed by atoms with Gasteiger partial charge in [0.2, 0.25) is 6.21 Å². The Kier molecular flexibility index (Phi) is 2.80. The minimum Gasteiger partial charge on any atom is -0.475 e. The Labute approximate surface area is 77.9 Å². The van der Waals surface area contributed by atoms with Gasteiger partial charge in [-0.2, -0.15) is 0 Å². The number of carboxylic acids is 1. The van der Waals surface area contributed by atoms with Crippen LogP contribution in [0.2, 0.25) is 0 Å². The molecule has 0 radical (unpaired) electrons. The predicted octanol–water partition coefficient (Wildman–Crippen LogP) is 0.0861. The number of aliphatic carboxylic acids is 1. The van der Waals surface area contributed by atoms with Gasteiger partial charge in [0.1, 0.15) is 7.11 Å². The number of nitrogen functional groups attached to an aromatic ring is 1. The third-order valence-electron chi connectivity index (χ3n) is 1.16. The van der Waals surface area contributed by atoms with Crippen molar-refractivity contribution in [3.8, 4) is 0 Å². The molecule has 0 unspecified atom stereocenters. The van der Waals surface area contributed by atoms with E-state index in [4.69, 9.17) is 15.7 Å². The van der Waals surface area contributed by atoms with Crippen LogP contribution in [-0.2, 0) is 9.63 Å². The van der Waals surface area contributed by atoms with E-state index in [2.05, 4.69) is 4.98 Å². The van der Waals surface area contributed by atoms with E-state index in [0.29, 0.717) is 10.9 Å². The van der Waals surface area contributed by atoms with E-state index < -0.39 is 5.97 Å². The predicted molar refractivity (Wildman–Crippen MR) is 47.2 cm³/mol. The smallest absolute Gasteiger partial charge is 0.375 e. The van der Waals surface area contributed by atoms with Gasteiger partial charge in [-0.15, -0.1) is 0 Å². The summed E-state index contributed by atoms with van der Waals surface area (Å²) in [6, 6.07) is 0.